The molecule has 3 N–H and O–H groups in total. The zero-order chi connectivity index (χ0) is 18.0. The molecule has 6 heteroatoms. The summed E-state index contributed by atoms with van der Waals surface area (Å²) >= 11 is 0. The third kappa shape index (κ3) is 4.34. The van der Waals surface area contributed by atoms with Crippen molar-refractivity contribution in [3.8, 4) is 0 Å². The maximum absolute atomic E-state index is 12.8. The first-order valence-electron chi connectivity index (χ1n) is 8.21. The number of amides is 3. The molecule has 3 amide bonds. The van der Waals surface area contributed by atoms with E-state index >= 15 is 0 Å². The lowest BCUT2D eigenvalue weighted by molar-refractivity contribution is -0.155. The zero-order valence-electron chi connectivity index (χ0n) is 14.1. The van der Waals surface area contributed by atoms with Gasteiger partial charge in [-0.1, -0.05) is 31.1 Å². The standard InChI is InChI=1S/C18H27N3O3/c1-4-11-19-15(22)14-9-7-8-10-18(14,16(23)20-12-5-2)17(24)21-13-6-3/h4-6,14H,1-3,7-13H2,(H,19,22)(H,20,23)(H,21,24). The molecule has 1 aliphatic rings. The van der Waals surface area contributed by atoms with Crippen LogP contribution in [0.5, 0.6) is 0 Å². The smallest absolute Gasteiger partial charge is 0.236 e. The van der Waals surface area contributed by atoms with Gasteiger partial charge >= 0.3 is 0 Å². The Morgan fingerprint density at radius 1 is 0.875 bits per heavy atom. The van der Waals surface area contributed by atoms with E-state index in [2.05, 4.69) is 35.7 Å². The Kier molecular flexibility index (Phi) is 7.95. The summed E-state index contributed by atoms with van der Waals surface area (Å²) in [7, 11) is 0. The predicted octanol–water partition coefficient (Wildman–Crippen LogP) is 1.07. The van der Waals surface area contributed by atoms with Crippen molar-refractivity contribution in [2.75, 3.05) is 19.6 Å². The van der Waals surface area contributed by atoms with Crippen LogP contribution in [0.1, 0.15) is 25.7 Å². The summed E-state index contributed by atoms with van der Waals surface area (Å²) in [4.78, 5) is 38.2. The minimum atomic E-state index is -1.41. The van der Waals surface area contributed by atoms with Crippen LogP contribution in [0.2, 0.25) is 0 Å². The van der Waals surface area contributed by atoms with Crippen LogP contribution in [-0.2, 0) is 14.4 Å². The molecule has 0 spiro atoms. The van der Waals surface area contributed by atoms with Gasteiger partial charge in [-0.15, -0.1) is 19.7 Å². The first-order chi connectivity index (χ1) is 11.5. The summed E-state index contributed by atoms with van der Waals surface area (Å²) in [6, 6.07) is 0. The molecule has 0 aromatic carbocycles. The van der Waals surface area contributed by atoms with Crippen molar-refractivity contribution in [1.82, 2.24) is 16.0 Å². The first-order valence-corrected chi connectivity index (χ1v) is 8.21. The Morgan fingerprint density at radius 3 is 1.88 bits per heavy atom. The summed E-state index contributed by atoms with van der Waals surface area (Å²) in [5, 5.41) is 8.12. The predicted molar refractivity (Wildman–Crippen MR) is 94.0 cm³/mol. The molecule has 1 atom stereocenters. The van der Waals surface area contributed by atoms with Crippen LogP contribution >= 0.6 is 0 Å². The average molecular weight is 333 g/mol. The highest BCUT2D eigenvalue weighted by atomic mass is 16.2. The van der Waals surface area contributed by atoms with Crippen LogP contribution in [0.15, 0.2) is 38.0 Å². The molecule has 132 valence electrons. The van der Waals surface area contributed by atoms with Crippen molar-refractivity contribution in [3.05, 3.63) is 38.0 Å². The Hall–Kier alpha value is -2.37. The molecule has 0 aromatic heterocycles. The van der Waals surface area contributed by atoms with Gasteiger partial charge in [0.25, 0.3) is 0 Å². The fraction of sp³-hybridized carbons (Fsp3) is 0.500. The molecule has 24 heavy (non-hydrogen) atoms. The molecule has 0 radical (unpaired) electrons. The zero-order valence-corrected chi connectivity index (χ0v) is 14.1. The normalized spacial score (nSPS) is 18.8. The van der Waals surface area contributed by atoms with Crippen LogP contribution in [0.25, 0.3) is 0 Å². The molecular weight excluding hydrogens is 306 g/mol. The van der Waals surface area contributed by atoms with Crippen LogP contribution in [-0.4, -0.2) is 37.4 Å². The SMILES string of the molecule is C=CCNC(=O)C1CCCCC1(C(=O)NCC=C)C(=O)NCC=C. The second kappa shape index (κ2) is 9.70. The number of nitrogens with one attached hydrogen (secondary N) is 3. The van der Waals surface area contributed by atoms with Crippen molar-refractivity contribution < 1.29 is 14.4 Å². The highest BCUT2D eigenvalue weighted by Gasteiger charge is 2.55. The second-order valence-corrected chi connectivity index (χ2v) is 5.80. The highest BCUT2D eigenvalue weighted by Crippen LogP contribution is 2.42. The van der Waals surface area contributed by atoms with Gasteiger partial charge in [0.05, 0.1) is 5.92 Å². The minimum absolute atomic E-state index is 0.246. The van der Waals surface area contributed by atoms with Crippen molar-refractivity contribution in [1.29, 1.82) is 0 Å². The van der Waals surface area contributed by atoms with Crippen molar-refractivity contribution in [3.63, 3.8) is 0 Å². The van der Waals surface area contributed by atoms with Crippen LogP contribution in [0, 0.1) is 11.3 Å². The Bertz CT molecular complexity index is 490. The van der Waals surface area contributed by atoms with E-state index in [1.807, 2.05) is 0 Å². The molecule has 0 heterocycles. The van der Waals surface area contributed by atoms with Crippen LogP contribution < -0.4 is 16.0 Å². The molecular formula is C18H27N3O3. The molecule has 1 aliphatic carbocycles. The van der Waals surface area contributed by atoms with Gasteiger partial charge in [-0.2, -0.15) is 0 Å². The summed E-state index contributed by atoms with van der Waals surface area (Å²) < 4.78 is 0. The summed E-state index contributed by atoms with van der Waals surface area (Å²) in [5.74, 6) is -1.86. The maximum Gasteiger partial charge on any atom is 0.236 e. The van der Waals surface area contributed by atoms with E-state index in [1.165, 1.54) is 0 Å². The largest absolute Gasteiger partial charge is 0.352 e. The number of rotatable bonds is 9. The van der Waals surface area contributed by atoms with E-state index in [0.717, 1.165) is 6.42 Å². The number of hydrogen-bond donors (Lipinski definition) is 3. The number of carbonyl (C=O) groups is 3. The van der Waals surface area contributed by atoms with E-state index < -0.39 is 23.1 Å². The first kappa shape index (κ1) is 19.7. The minimum Gasteiger partial charge on any atom is -0.352 e. The quantitative estimate of drug-likeness (QED) is 0.436. The third-order valence-corrected chi connectivity index (χ3v) is 4.27. The van der Waals surface area contributed by atoms with E-state index in [0.29, 0.717) is 25.8 Å². The van der Waals surface area contributed by atoms with Gasteiger partial charge in [-0.25, -0.2) is 0 Å². The van der Waals surface area contributed by atoms with E-state index in [-0.39, 0.29) is 19.0 Å². The van der Waals surface area contributed by atoms with E-state index in [1.54, 1.807) is 18.2 Å². The van der Waals surface area contributed by atoms with Crippen molar-refractivity contribution in [2.45, 2.75) is 25.7 Å². The van der Waals surface area contributed by atoms with Gasteiger partial charge < -0.3 is 16.0 Å². The van der Waals surface area contributed by atoms with Gasteiger partial charge in [0.2, 0.25) is 17.7 Å². The maximum atomic E-state index is 12.8. The Labute approximate surface area is 143 Å². The molecule has 1 fully saturated rings. The van der Waals surface area contributed by atoms with Crippen LogP contribution in [0.4, 0.5) is 0 Å². The number of hydrogen-bond acceptors (Lipinski definition) is 3. The van der Waals surface area contributed by atoms with Crippen molar-refractivity contribution in [2.24, 2.45) is 11.3 Å². The topological polar surface area (TPSA) is 87.3 Å². The molecule has 6 nitrogen and oxygen atoms in total. The fourth-order valence-electron chi connectivity index (χ4n) is 3.12. The lowest BCUT2D eigenvalue weighted by atomic mass is 9.64. The van der Waals surface area contributed by atoms with Gasteiger partial charge in [-0.3, -0.25) is 14.4 Å². The Balaban J connectivity index is 3.17. The molecule has 0 aromatic rings. The lowest BCUT2D eigenvalue weighted by Gasteiger charge is -2.40. The highest BCUT2D eigenvalue weighted by molar-refractivity contribution is 6.09. The summed E-state index contributed by atoms with van der Waals surface area (Å²) in [6.45, 7) is 11.5. The molecule has 1 rings (SSSR count). The fourth-order valence-corrected chi connectivity index (χ4v) is 3.12. The van der Waals surface area contributed by atoms with Crippen molar-refractivity contribution >= 4 is 17.7 Å². The van der Waals surface area contributed by atoms with Gasteiger partial charge in [-0.05, 0) is 12.8 Å². The molecule has 1 saturated carbocycles. The molecule has 0 bridgehead atoms. The lowest BCUT2D eigenvalue weighted by Crippen LogP contribution is -2.60. The molecule has 1 unspecified atom stereocenters. The van der Waals surface area contributed by atoms with Gasteiger partial charge in [0.15, 0.2) is 0 Å². The second-order valence-electron chi connectivity index (χ2n) is 5.80. The monoisotopic (exact) mass is 333 g/mol. The van der Waals surface area contributed by atoms with Gasteiger partial charge in [0.1, 0.15) is 5.41 Å². The summed E-state index contributed by atoms with van der Waals surface area (Å²) in [6.07, 6.45) is 7.01. The van der Waals surface area contributed by atoms with Crippen LogP contribution in [0.3, 0.4) is 0 Å². The summed E-state index contributed by atoms with van der Waals surface area (Å²) in [5.41, 5.74) is -1.41. The van der Waals surface area contributed by atoms with E-state index in [9.17, 15) is 14.4 Å². The molecule has 0 saturated heterocycles. The number of carbonyl (C=O) groups excluding carboxylic acids is 3. The molecule has 0 aliphatic heterocycles. The van der Waals surface area contributed by atoms with E-state index in [4.69, 9.17) is 0 Å². The average Bonchev–Trinajstić information content (AvgIpc) is 2.61. The van der Waals surface area contributed by atoms with Gasteiger partial charge in [0, 0.05) is 19.6 Å². The Morgan fingerprint density at radius 2 is 1.38 bits per heavy atom. The third-order valence-electron chi connectivity index (χ3n) is 4.27.